The topological polar surface area (TPSA) is 97.2 Å². The van der Waals surface area contributed by atoms with Gasteiger partial charge in [-0.1, -0.05) is 6.92 Å². The van der Waals surface area contributed by atoms with Crippen molar-refractivity contribution in [3.63, 3.8) is 0 Å². The lowest BCUT2D eigenvalue weighted by molar-refractivity contribution is -0.385. The molecule has 8 heteroatoms. The zero-order valence-corrected chi connectivity index (χ0v) is 11.4. The maximum Gasteiger partial charge on any atom is 0.288 e. The van der Waals surface area contributed by atoms with E-state index in [9.17, 15) is 14.9 Å². The summed E-state index contributed by atoms with van der Waals surface area (Å²) in [5.41, 5.74) is -0.108. The highest BCUT2D eigenvalue weighted by atomic mass is 79.9. The number of nitrogens with one attached hydrogen (secondary N) is 2. The Morgan fingerprint density at radius 2 is 2.33 bits per heavy atom. The quantitative estimate of drug-likeness (QED) is 0.615. The molecule has 7 nitrogen and oxygen atoms in total. The standard InChI is InChI=1S/C10H13BrN4O3/c1-2-3-12-9(16)6-14-10-8(11)4-7(5-13-10)15(17)18/h4-5H,2-3,6H2,1H3,(H,12,16)(H,13,14). The van der Waals surface area contributed by atoms with Crippen LogP contribution >= 0.6 is 15.9 Å². The zero-order valence-electron chi connectivity index (χ0n) is 9.77. The van der Waals surface area contributed by atoms with Crippen LogP contribution in [0.25, 0.3) is 0 Å². The van der Waals surface area contributed by atoms with E-state index in [0.29, 0.717) is 16.8 Å². The van der Waals surface area contributed by atoms with Gasteiger partial charge in [0, 0.05) is 12.6 Å². The van der Waals surface area contributed by atoms with Crippen LogP contribution in [-0.2, 0) is 4.79 Å². The number of aromatic nitrogens is 1. The fraction of sp³-hybridized carbons (Fsp3) is 0.400. The minimum Gasteiger partial charge on any atom is -0.360 e. The molecule has 0 atom stereocenters. The van der Waals surface area contributed by atoms with Gasteiger partial charge in [-0.05, 0) is 22.4 Å². The molecule has 0 aliphatic heterocycles. The summed E-state index contributed by atoms with van der Waals surface area (Å²) in [5, 5.41) is 16.0. The normalized spacial score (nSPS) is 9.89. The van der Waals surface area contributed by atoms with Crippen molar-refractivity contribution < 1.29 is 9.72 Å². The molecule has 0 aliphatic rings. The second-order valence-electron chi connectivity index (χ2n) is 3.48. The zero-order chi connectivity index (χ0) is 13.5. The van der Waals surface area contributed by atoms with Gasteiger partial charge >= 0.3 is 0 Å². The van der Waals surface area contributed by atoms with Gasteiger partial charge in [0.15, 0.2) is 0 Å². The molecule has 1 aromatic rings. The Morgan fingerprint density at radius 3 is 2.89 bits per heavy atom. The molecular weight excluding hydrogens is 304 g/mol. The SMILES string of the molecule is CCCNC(=O)CNc1ncc([N+](=O)[O-])cc1Br. The van der Waals surface area contributed by atoms with Crippen LogP contribution in [0.15, 0.2) is 16.7 Å². The lowest BCUT2D eigenvalue weighted by Gasteiger charge is -2.07. The Hall–Kier alpha value is -1.70. The molecule has 0 bridgehead atoms. The number of nitro groups is 1. The minimum atomic E-state index is -0.532. The number of anilines is 1. The first-order valence-electron chi connectivity index (χ1n) is 5.35. The second-order valence-corrected chi connectivity index (χ2v) is 4.34. The molecule has 0 saturated heterocycles. The third-order valence-corrected chi connectivity index (χ3v) is 2.63. The Labute approximate surface area is 112 Å². The Bertz CT molecular complexity index is 453. The fourth-order valence-electron chi connectivity index (χ4n) is 1.15. The van der Waals surface area contributed by atoms with Crippen LogP contribution in [0.5, 0.6) is 0 Å². The smallest absolute Gasteiger partial charge is 0.288 e. The van der Waals surface area contributed by atoms with Crippen LogP contribution in [0.3, 0.4) is 0 Å². The van der Waals surface area contributed by atoms with E-state index in [2.05, 4.69) is 31.5 Å². The third kappa shape index (κ3) is 4.28. The Kier molecular flexibility index (Phi) is 5.50. The molecule has 98 valence electrons. The van der Waals surface area contributed by atoms with Crippen LogP contribution in [-0.4, -0.2) is 28.9 Å². The van der Waals surface area contributed by atoms with E-state index in [-0.39, 0.29) is 18.1 Å². The fourth-order valence-corrected chi connectivity index (χ4v) is 1.63. The first-order valence-corrected chi connectivity index (χ1v) is 6.14. The van der Waals surface area contributed by atoms with E-state index in [1.807, 2.05) is 6.92 Å². The van der Waals surface area contributed by atoms with Crippen molar-refractivity contribution in [2.75, 3.05) is 18.4 Å². The molecule has 0 unspecified atom stereocenters. The van der Waals surface area contributed by atoms with Gasteiger partial charge < -0.3 is 10.6 Å². The van der Waals surface area contributed by atoms with Gasteiger partial charge in [0.05, 0.1) is 15.9 Å². The van der Waals surface area contributed by atoms with Crippen molar-refractivity contribution in [3.05, 3.63) is 26.9 Å². The highest BCUT2D eigenvalue weighted by Crippen LogP contribution is 2.23. The Balaban J connectivity index is 2.58. The summed E-state index contributed by atoms with van der Waals surface area (Å²) in [6.45, 7) is 2.65. The summed E-state index contributed by atoms with van der Waals surface area (Å²) in [6.07, 6.45) is 2.00. The van der Waals surface area contributed by atoms with Gasteiger partial charge in [0.1, 0.15) is 12.0 Å². The van der Waals surface area contributed by atoms with E-state index >= 15 is 0 Å². The number of carbonyl (C=O) groups is 1. The van der Waals surface area contributed by atoms with E-state index in [0.717, 1.165) is 12.6 Å². The van der Waals surface area contributed by atoms with E-state index < -0.39 is 4.92 Å². The summed E-state index contributed by atoms with van der Waals surface area (Å²) in [7, 11) is 0. The minimum absolute atomic E-state index is 0.0728. The molecule has 2 N–H and O–H groups in total. The monoisotopic (exact) mass is 316 g/mol. The van der Waals surface area contributed by atoms with Gasteiger partial charge in [-0.3, -0.25) is 14.9 Å². The number of rotatable bonds is 6. The van der Waals surface area contributed by atoms with Gasteiger partial charge in [-0.2, -0.15) is 0 Å². The number of hydrogen-bond donors (Lipinski definition) is 2. The molecule has 1 aromatic heterocycles. The van der Waals surface area contributed by atoms with Crippen molar-refractivity contribution in [2.24, 2.45) is 0 Å². The van der Waals surface area contributed by atoms with Crippen LogP contribution in [0.2, 0.25) is 0 Å². The summed E-state index contributed by atoms with van der Waals surface area (Å²) in [6, 6.07) is 1.33. The second kappa shape index (κ2) is 6.90. The van der Waals surface area contributed by atoms with Crippen molar-refractivity contribution in [3.8, 4) is 0 Å². The first-order chi connectivity index (χ1) is 8.54. The van der Waals surface area contributed by atoms with Crippen molar-refractivity contribution in [2.45, 2.75) is 13.3 Å². The number of carbonyl (C=O) groups excluding carboxylic acids is 1. The van der Waals surface area contributed by atoms with E-state index in [1.165, 1.54) is 6.07 Å². The predicted octanol–water partition coefficient (Wildman–Crippen LogP) is 1.69. The maximum absolute atomic E-state index is 11.3. The number of halogens is 1. The number of nitrogens with zero attached hydrogens (tertiary/aromatic N) is 2. The van der Waals surface area contributed by atoms with Crippen molar-refractivity contribution in [1.29, 1.82) is 0 Å². The third-order valence-electron chi connectivity index (χ3n) is 2.03. The number of hydrogen-bond acceptors (Lipinski definition) is 5. The van der Waals surface area contributed by atoms with Gasteiger partial charge in [-0.25, -0.2) is 4.98 Å². The van der Waals surface area contributed by atoms with Crippen molar-refractivity contribution >= 4 is 33.3 Å². The lowest BCUT2D eigenvalue weighted by Crippen LogP contribution is -2.30. The van der Waals surface area contributed by atoms with E-state index in [1.54, 1.807) is 0 Å². The average Bonchev–Trinajstić information content (AvgIpc) is 2.34. The largest absolute Gasteiger partial charge is 0.360 e. The van der Waals surface area contributed by atoms with Crippen molar-refractivity contribution in [1.82, 2.24) is 10.3 Å². The van der Waals surface area contributed by atoms with E-state index in [4.69, 9.17) is 0 Å². The number of amides is 1. The van der Waals surface area contributed by atoms with Crippen LogP contribution in [0.4, 0.5) is 11.5 Å². The molecule has 0 aliphatic carbocycles. The molecular formula is C10H13BrN4O3. The molecule has 1 heterocycles. The molecule has 1 rings (SSSR count). The maximum atomic E-state index is 11.3. The summed E-state index contributed by atoms with van der Waals surface area (Å²) >= 11 is 3.16. The lowest BCUT2D eigenvalue weighted by atomic mass is 10.4. The average molecular weight is 317 g/mol. The molecule has 1 amide bonds. The molecule has 0 saturated carbocycles. The molecule has 0 radical (unpaired) electrons. The molecule has 18 heavy (non-hydrogen) atoms. The molecule has 0 aromatic carbocycles. The highest BCUT2D eigenvalue weighted by Gasteiger charge is 2.11. The van der Waals surface area contributed by atoms with Gasteiger partial charge in [-0.15, -0.1) is 0 Å². The van der Waals surface area contributed by atoms with Gasteiger partial charge in [0.25, 0.3) is 5.69 Å². The summed E-state index contributed by atoms with van der Waals surface area (Å²) in [5.74, 6) is 0.246. The van der Waals surface area contributed by atoms with Crippen LogP contribution in [0.1, 0.15) is 13.3 Å². The highest BCUT2D eigenvalue weighted by molar-refractivity contribution is 9.10. The first kappa shape index (κ1) is 14.4. The van der Waals surface area contributed by atoms with Crippen LogP contribution in [0, 0.1) is 10.1 Å². The van der Waals surface area contributed by atoms with Crippen LogP contribution < -0.4 is 10.6 Å². The number of pyridine rings is 1. The summed E-state index contributed by atoms with van der Waals surface area (Å²) in [4.78, 5) is 25.2. The summed E-state index contributed by atoms with van der Waals surface area (Å²) < 4.78 is 0.444. The Morgan fingerprint density at radius 1 is 1.61 bits per heavy atom. The molecule has 0 spiro atoms. The molecule has 0 fully saturated rings. The van der Waals surface area contributed by atoms with Gasteiger partial charge in [0.2, 0.25) is 5.91 Å². The predicted molar refractivity (Wildman–Crippen MR) is 70.4 cm³/mol.